The van der Waals surface area contributed by atoms with Crippen molar-refractivity contribution in [3.63, 3.8) is 0 Å². The van der Waals surface area contributed by atoms with Gasteiger partial charge in [-0.25, -0.2) is 0 Å². The summed E-state index contributed by atoms with van der Waals surface area (Å²) in [5.74, 6) is 3.71. The molecule has 2 nitrogen and oxygen atoms in total. The largest absolute Gasteiger partial charge is 0.330 e. The Kier molecular flexibility index (Phi) is 10.4. The zero-order valence-electron chi connectivity index (χ0n) is 14.7. The Labute approximate surface area is 133 Å². The second-order valence-electron chi connectivity index (χ2n) is 7.22. The lowest BCUT2D eigenvalue weighted by atomic mass is 9.61. The maximum atomic E-state index is 5.89. The van der Waals surface area contributed by atoms with Crippen LogP contribution >= 0.6 is 0 Å². The molecule has 0 saturated heterocycles. The first-order valence-electron chi connectivity index (χ1n) is 9.68. The van der Waals surface area contributed by atoms with Gasteiger partial charge in [-0.2, -0.15) is 0 Å². The summed E-state index contributed by atoms with van der Waals surface area (Å²) < 4.78 is 0. The highest BCUT2D eigenvalue weighted by Crippen LogP contribution is 2.46. The minimum absolute atomic E-state index is 0.853. The molecule has 126 valence electrons. The van der Waals surface area contributed by atoms with Crippen LogP contribution in [0.1, 0.15) is 84.5 Å². The van der Waals surface area contributed by atoms with E-state index in [2.05, 4.69) is 13.8 Å². The zero-order valence-corrected chi connectivity index (χ0v) is 14.7. The summed E-state index contributed by atoms with van der Waals surface area (Å²) in [5.41, 5.74) is 11.7. The van der Waals surface area contributed by atoms with E-state index in [4.69, 9.17) is 11.5 Å². The number of rotatable bonds is 11. The van der Waals surface area contributed by atoms with Crippen LogP contribution in [0.4, 0.5) is 0 Å². The number of unbranched alkanes of at least 4 members (excludes halogenated alkanes) is 2. The van der Waals surface area contributed by atoms with Gasteiger partial charge in [-0.1, -0.05) is 46.0 Å². The Balaban J connectivity index is 2.73. The van der Waals surface area contributed by atoms with Crippen molar-refractivity contribution in [2.75, 3.05) is 13.1 Å². The molecular weight excluding hydrogens is 256 g/mol. The average Bonchev–Trinajstić information content (AvgIpc) is 2.50. The average molecular weight is 297 g/mol. The molecule has 4 atom stereocenters. The first-order chi connectivity index (χ1) is 10.3. The Morgan fingerprint density at radius 3 is 1.71 bits per heavy atom. The van der Waals surface area contributed by atoms with Gasteiger partial charge in [-0.05, 0) is 75.3 Å². The summed E-state index contributed by atoms with van der Waals surface area (Å²) in [7, 11) is 0. The summed E-state index contributed by atoms with van der Waals surface area (Å²) in [6, 6.07) is 0. The van der Waals surface area contributed by atoms with Crippen LogP contribution in [0.5, 0.6) is 0 Å². The van der Waals surface area contributed by atoms with Crippen LogP contribution in [0.15, 0.2) is 0 Å². The molecule has 2 heteroatoms. The van der Waals surface area contributed by atoms with Gasteiger partial charge in [0, 0.05) is 0 Å². The first kappa shape index (κ1) is 19.0. The van der Waals surface area contributed by atoms with Crippen LogP contribution in [0.3, 0.4) is 0 Å². The van der Waals surface area contributed by atoms with Crippen molar-refractivity contribution in [2.24, 2.45) is 35.1 Å². The van der Waals surface area contributed by atoms with Gasteiger partial charge in [-0.15, -0.1) is 0 Å². The van der Waals surface area contributed by atoms with Crippen LogP contribution in [-0.4, -0.2) is 13.1 Å². The highest BCUT2D eigenvalue weighted by atomic mass is 14.5. The molecule has 0 heterocycles. The van der Waals surface area contributed by atoms with Crippen LogP contribution in [-0.2, 0) is 0 Å². The second kappa shape index (κ2) is 11.5. The molecule has 0 radical (unpaired) electrons. The van der Waals surface area contributed by atoms with Gasteiger partial charge in [-0.3, -0.25) is 0 Å². The fraction of sp³-hybridized carbons (Fsp3) is 1.00. The summed E-state index contributed by atoms with van der Waals surface area (Å²) in [5, 5.41) is 0. The molecule has 0 amide bonds. The number of hydrogen-bond donors (Lipinski definition) is 2. The predicted octanol–water partition coefficient (Wildman–Crippen LogP) is 4.71. The van der Waals surface area contributed by atoms with Crippen LogP contribution in [0.25, 0.3) is 0 Å². The van der Waals surface area contributed by atoms with E-state index in [1.165, 1.54) is 70.6 Å². The standard InChI is InChI=1S/C19H40N2/c1-3-5-8-16-11-12-17(13-15-21)19(10-7-14-20)18(16)9-6-4-2/h16-19H,3-15,20-21H2,1-2H3. The van der Waals surface area contributed by atoms with Crippen molar-refractivity contribution < 1.29 is 0 Å². The third kappa shape index (κ3) is 6.28. The normalized spacial score (nSPS) is 29.7. The van der Waals surface area contributed by atoms with Crippen molar-refractivity contribution in [1.29, 1.82) is 0 Å². The topological polar surface area (TPSA) is 52.0 Å². The highest BCUT2D eigenvalue weighted by molar-refractivity contribution is 4.87. The van der Waals surface area contributed by atoms with E-state index in [9.17, 15) is 0 Å². The van der Waals surface area contributed by atoms with Crippen molar-refractivity contribution in [3.8, 4) is 0 Å². The van der Waals surface area contributed by atoms with Crippen LogP contribution < -0.4 is 11.5 Å². The molecule has 0 aromatic rings. The van der Waals surface area contributed by atoms with Crippen molar-refractivity contribution in [1.82, 2.24) is 0 Å². The van der Waals surface area contributed by atoms with E-state index >= 15 is 0 Å². The van der Waals surface area contributed by atoms with Gasteiger partial charge >= 0.3 is 0 Å². The molecule has 0 aromatic carbocycles. The lowest BCUT2D eigenvalue weighted by Crippen LogP contribution is -2.36. The minimum Gasteiger partial charge on any atom is -0.330 e. The fourth-order valence-corrected chi connectivity index (χ4v) is 4.65. The van der Waals surface area contributed by atoms with E-state index in [-0.39, 0.29) is 0 Å². The Hall–Kier alpha value is -0.0800. The molecule has 1 aliphatic carbocycles. The third-order valence-electron chi connectivity index (χ3n) is 5.77. The molecule has 1 aliphatic rings. The maximum Gasteiger partial charge on any atom is -0.00745 e. The number of hydrogen-bond acceptors (Lipinski definition) is 2. The fourth-order valence-electron chi connectivity index (χ4n) is 4.65. The molecule has 0 bridgehead atoms. The Morgan fingerprint density at radius 1 is 0.667 bits per heavy atom. The first-order valence-corrected chi connectivity index (χ1v) is 9.68. The summed E-state index contributed by atoms with van der Waals surface area (Å²) in [4.78, 5) is 0. The number of nitrogens with two attached hydrogens (primary N) is 2. The molecule has 1 fully saturated rings. The summed E-state index contributed by atoms with van der Waals surface area (Å²) >= 11 is 0. The van der Waals surface area contributed by atoms with Gasteiger partial charge in [0.2, 0.25) is 0 Å². The van der Waals surface area contributed by atoms with E-state index in [0.717, 1.165) is 36.8 Å². The van der Waals surface area contributed by atoms with Crippen molar-refractivity contribution in [2.45, 2.75) is 84.5 Å². The molecule has 4 unspecified atom stereocenters. The van der Waals surface area contributed by atoms with Gasteiger partial charge in [0.1, 0.15) is 0 Å². The maximum absolute atomic E-state index is 5.89. The van der Waals surface area contributed by atoms with E-state index < -0.39 is 0 Å². The Morgan fingerprint density at radius 2 is 1.19 bits per heavy atom. The SMILES string of the molecule is CCCCC1CCC(CCN)C(CCCN)C1CCCC. The molecule has 0 aromatic heterocycles. The smallest absolute Gasteiger partial charge is 0.00745 e. The van der Waals surface area contributed by atoms with Gasteiger partial charge in [0.15, 0.2) is 0 Å². The molecule has 0 spiro atoms. The molecule has 1 rings (SSSR count). The summed E-state index contributed by atoms with van der Waals surface area (Å²) in [6.45, 7) is 6.37. The van der Waals surface area contributed by atoms with E-state index in [1.807, 2.05) is 0 Å². The molecule has 21 heavy (non-hydrogen) atoms. The van der Waals surface area contributed by atoms with Gasteiger partial charge in [0.25, 0.3) is 0 Å². The predicted molar refractivity (Wildman–Crippen MR) is 94.2 cm³/mol. The van der Waals surface area contributed by atoms with Crippen molar-refractivity contribution in [3.05, 3.63) is 0 Å². The zero-order chi connectivity index (χ0) is 15.5. The molecule has 0 aliphatic heterocycles. The molecule has 4 N–H and O–H groups in total. The van der Waals surface area contributed by atoms with Crippen LogP contribution in [0.2, 0.25) is 0 Å². The second-order valence-corrected chi connectivity index (χ2v) is 7.22. The quantitative estimate of drug-likeness (QED) is 0.580. The van der Waals surface area contributed by atoms with E-state index in [1.54, 1.807) is 0 Å². The molecule has 1 saturated carbocycles. The third-order valence-corrected chi connectivity index (χ3v) is 5.77. The van der Waals surface area contributed by atoms with Gasteiger partial charge in [0.05, 0.1) is 0 Å². The van der Waals surface area contributed by atoms with Crippen molar-refractivity contribution >= 4 is 0 Å². The highest BCUT2D eigenvalue weighted by Gasteiger charge is 2.37. The minimum atomic E-state index is 0.853. The molecular formula is C19H40N2. The van der Waals surface area contributed by atoms with Gasteiger partial charge < -0.3 is 11.5 Å². The lowest BCUT2D eigenvalue weighted by Gasteiger charge is -2.44. The monoisotopic (exact) mass is 296 g/mol. The van der Waals surface area contributed by atoms with Crippen LogP contribution in [0, 0.1) is 23.7 Å². The summed E-state index contributed by atoms with van der Waals surface area (Å²) in [6.07, 6.45) is 15.1. The van der Waals surface area contributed by atoms with E-state index in [0.29, 0.717) is 0 Å². The Bertz CT molecular complexity index is 242. The lowest BCUT2D eigenvalue weighted by molar-refractivity contribution is 0.0622.